The predicted octanol–water partition coefficient (Wildman–Crippen LogP) is 9.44. The molecule has 2 heteroatoms. The summed E-state index contributed by atoms with van der Waals surface area (Å²) in [5.74, 6) is 0.663. The van der Waals surface area contributed by atoms with Gasteiger partial charge in [0.2, 0.25) is 0 Å². The van der Waals surface area contributed by atoms with Gasteiger partial charge in [0.1, 0.15) is 0 Å². The Labute approximate surface area is 226 Å². The maximum Gasteiger partial charge on any atom is 0.154 e. The quantitative estimate of drug-likeness (QED) is 0.188. The number of rotatable bonds is 6. The minimum Gasteiger partial charge on any atom is -0.258 e. The molecule has 0 fully saturated rings. The molecule has 0 N–H and O–H groups in total. The Morgan fingerprint density at radius 2 is 1.21 bits per heavy atom. The zero-order valence-electron chi connectivity index (χ0n) is 22.5. The first-order valence-corrected chi connectivity index (χ1v) is 13.3. The maximum atomic E-state index is 4.96. The Morgan fingerprint density at radius 3 is 1.84 bits per heavy atom. The van der Waals surface area contributed by atoms with Crippen LogP contribution < -0.4 is 0 Å². The van der Waals surface area contributed by atoms with Crippen molar-refractivity contribution in [2.45, 2.75) is 39.7 Å². The number of hydrogen-bond acceptors (Lipinski definition) is 1. The van der Waals surface area contributed by atoms with Gasteiger partial charge in [-0.15, -0.1) is 0 Å². The first-order chi connectivity index (χ1) is 18.5. The van der Waals surface area contributed by atoms with Crippen LogP contribution in [0.25, 0.3) is 22.3 Å². The van der Waals surface area contributed by atoms with E-state index in [-0.39, 0.29) is 6.04 Å². The lowest BCUT2D eigenvalue weighted by atomic mass is 9.86. The highest BCUT2D eigenvalue weighted by atomic mass is 14.9. The van der Waals surface area contributed by atoms with Gasteiger partial charge in [-0.3, -0.25) is 4.99 Å². The Kier molecular flexibility index (Phi) is 7.60. The van der Waals surface area contributed by atoms with Crippen LogP contribution in [-0.2, 0) is 0 Å². The molecule has 2 nitrogen and oxygen atoms in total. The molecule has 1 aliphatic rings. The maximum absolute atomic E-state index is 4.96. The van der Waals surface area contributed by atoms with Crippen molar-refractivity contribution in [1.82, 2.24) is 0 Å². The molecule has 1 atom stereocenters. The van der Waals surface area contributed by atoms with Crippen LogP contribution in [-0.4, -0.2) is 12.6 Å². The van der Waals surface area contributed by atoms with Gasteiger partial charge in [0.25, 0.3) is 0 Å². The first kappa shape index (κ1) is 25.4. The van der Waals surface area contributed by atoms with E-state index >= 15 is 0 Å². The van der Waals surface area contributed by atoms with Crippen molar-refractivity contribution in [3.8, 4) is 11.1 Å². The van der Waals surface area contributed by atoms with Gasteiger partial charge in [-0.05, 0) is 85.4 Å². The van der Waals surface area contributed by atoms with Crippen molar-refractivity contribution in [2.75, 3.05) is 0 Å². The van der Waals surface area contributed by atoms with Gasteiger partial charge in [0.05, 0.1) is 6.04 Å². The van der Waals surface area contributed by atoms with Crippen molar-refractivity contribution in [2.24, 2.45) is 9.98 Å². The molecular formula is C36H34N2. The molecule has 5 rings (SSSR count). The molecule has 0 aliphatic heterocycles. The second-order valence-corrected chi connectivity index (χ2v) is 10.0. The molecule has 38 heavy (non-hydrogen) atoms. The number of aliphatic imine (C=N–C) groups is 2. The topological polar surface area (TPSA) is 24.7 Å². The van der Waals surface area contributed by atoms with E-state index in [1.165, 1.54) is 39.0 Å². The molecule has 0 aromatic heterocycles. The largest absolute Gasteiger partial charge is 0.258 e. The van der Waals surface area contributed by atoms with Crippen LogP contribution in [0.5, 0.6) is 0 Å². The fraction of sp³-hybridized carbons (Fsp3) is 0.167. The average molecular weight is 495 g/mol. The van der Waals surface area contributed by atoms with Crippen molar-refractivity contribution in [3.05, 3.63) is 143 Å². The van der Waals surface area contributed by atoms with Crippen LogP contribution in [0, 0.1) is 13.8 Å². The summed E-state index contributed by atoms with van der Waals surface area (Å²) in [6.45, 7) is 10.2. The van der Waals surface area contributed by atoms with E-state index in [9.17, 15) is 0 Å². The Morgan fingerprint density at radius 1 is 0.658 bits per heavy atom. The van der Waals surface area contributed by atoms with E-state index in [4.69, 9.17) is 4.99 Å². The van der Waals surface area contributed by atoms with E-state index in [1.54, 1.807) is 0 Å². The summed E-state index contributed by atoms with van der Waals surface area (Å²) < 4.78 is 0. The lowest BCUT2D eigenvalue weighted by Crippen LogP contribution is -2.01. The molecule has 0 saturated carbocycles. The second kappa shape index (κ2) is 11.4. The number of hydrogen-bond donors (Lipinski definition) is 0. The van der Waals surface area contributed by atoms with Gasteiger partial charge in [-0.2, -0.15) is 0 Å². The molecule has 0 saturated heterocycles. The standard InChI is InChI=1S/C36H34N2/c1-25-10-7-12-30(22-25)31-13-9-15-33(24-31)36(37-4)38-27(3)28-18-20-29(21-19-28)34-16-5-6-17-35(34)32-14-8-11-26(2)23-32/h7-24,27H,4-6H2,1-3H3/b38-36-. The fourth-order valence-corrected chi connectivity index (χ4v) is 5.10. The monoisotopic (exact) mass is 494 g/mol. The van der Waals surface area contributed by atoms with E-state index in [0.29, 0.717) is 5.84 Å². The summed E-state index contributed by atoms with van der Waals surface area (Å²) in [6.07, 6.45) is 6.90. The molecule has 0 bridgehead atoms. The smallest absolute Gasteiger partial charge is 0.154 e. The summed E-state index contributed by atoms with van der Waals surface area (Å²) in [5, 5.41) is 0. The summed E-state index contributed by atoms with van der Waals surface area (Å²) in [7, 11) is 0. The van der Waals surface area contributed by atoms with Gasteiger partial charge in [0, 0.05) is 5.56 Å². The summed E-state index contributed by atoms with van der Waals surface area (Å²) in [6, 6.07) is 34.5. The zero-order chi connectivity index (χ0) is 26.5. The van der Waals surface area contributed by atoms with Crippen LogP contribution in [0.3, 0.4) is 0 Å². The Bertz CT molecular complexity index is 1550. The second-order valence-electron chi connectivity index (χ2n) is 10.0. The Hall–Kier alpha value is -4.30. The number of nitrogens with zero attached hydrogens (tertiary/aromatic N) is 2. The minimum atomic E-state index is -0.0423. The van der Waals surface area contributed by atoms with Crippen LogP contribution >= 0.6 is 0 Å². The lowest BCUT2D eigenvalue weighted by Gasteiger charge is -2.18. The van der Waals surface area contributed by atoms with Gasteiger partial charge in [-0.1, -0.05) is 114 Å². The number of allylic oxidation sites excluding steroid dienone is 4. The third kappa shape index (κ3) is 5.65. The normalized spacial score (nSPS) is 14.4. The SMILES string of the molecule is C=N/C(=N\C(C)c1ccc(C2=CCCC=C2c2cccc(C)c2)cc1)c1cccc(-c2cccc(C)c2)c1. The number of aryl methyl sites for hydroxylation is 2. The van der Waals surface area contributed by atoms with Crippen molar-refractivity contribution >= 4 is 23.7 Å². The van der Waals surface area contributed by atoms with Crippen LogP contribution in [0.15, 0.2) is 119 Å². The molecule has 0 spiro atoms. The molecule has 4 aromatic carbocycles. The highest BCUT2D eigenvalue weighted by molar-refractivity contribution is 6.05. The molecule has 1 aliphatic carbocycles. The van der Waals surface area contributed by atoms with Crippen molar-refractivity contribution < 1.29 is 0 Å². The Balaban J connectivity index is 1.38. The molecule has 4 aromatic rings. The van der Waals surface area contributed by atoms with E-state index in [1.807, 2.05) is 0 Å². The van der Waals surface area contributed by atoms with E-state index in [2.05, 4.69) is 142 Å². The zero-order valence-corrected chi connectivity index (χ0v) is 22.5. The molecular weight excluding hydrogens is 460 g/mol. The average Bonchev–Trinajstić information content (AvgIpc) is 2.96. The molecule has 0 heterocycles. The van der Waals surface area contributed by atoms with E-state index in [0.717, 1.165) is 29.5 Å². The van der Waals surface area contributed by atoms with Gasteiger partial charge >= 0.3 is 0 Å². The third-order valence-electron chi connectivity index (χ3n) is 7.12. The minimum absolute atomic E-state index is 0.0423. The van der Waals surface area contributed by atoms with Crippen molar-refractivity contribution in [1.29, 1.82) is 0 Å². The summed E-state index contributed by atoms with van der Waals surface area (Å²) in [4.78, 5) is 9.26. The highest BCUT2D eigenvalue weighted by Gasteiger charge is 2.15. The summed E-state index contributed by atoms with van der Waals surface area (Å²) >= 11 is 0. The van der Waals surface area contributed by atoms with Gasteiger partial charge < -0.3 is 0 Å². The van der Waals surface area contributed by atoms with Crippen molar-refractivity contribution in [3.63, 3.8) is 0 Å². The van der Waals surface area contributed by atoms with E-state index < -0.39 is 0 Å². The lowest BCUT2D eigenvalue weighted by molar-refractivity contribution is 0.818. The number of benzene rings is 4. The third-order valence-corrected chi connectivity index (χ3v) is 7.12. The predicted molar refractivity (Wildman–Crippen MR) is 164 cm³/mol. The first-order valence-electron chi connectivity index (χ1n) is 13.3. The summed E-state index contributed by atoms with van der Waals surface area (Å²) in [5.41, 5.74) is 12.2. The van der Waals surface area contributed by atoms with Gasteiger partial charge in [0.15, 0.2) is 5.84 Å². The van der Waals surface area contributed by atoms with Gasteiger partial charge in [-0.25, -0.2) is 4.99 Å². The fourth-order valence-electron chi connectivity index (χ4n) is 5.10. The molecule has 0 radical (unpaired) electrons. The highest BCUT2D eigenvalue weighted by Crippen LogP contribution is 2.36. The number of amidine groups is 1. The van der Waals surface area contributed by atoms with Crippen LogP contribution in [0.4, 0.5) is 0 Å². The molecule has 1 unspecified atom stereocenters. The van der Waals surface area contributed by atoms with Crippen LogP contribution in [0.1, 0.15) is 59.2 Å². The van der Waals surface area contributed by atoms with Crippen LogP contribution in [0.2, 0.25) is 0 Å². The molecule has 188 valence electrons. The molecule has 0 amide bonds.